The van der Waals surface area contributed by atoms with Crippen LogP contribution in [0.2, 0.25) is 0 Å². The van der Waals surface area contributed by atoms with Crippen molar-refractivity contribution in [3.63, 3.8) is 0 Å². The molecule has 3 nitrogen and oxygen atoms in total. The van der Waals surface area contributed by atoms with E-state index in [-0.39, 0.29) is 5.56 Å². The summed E-state index contributed by atoms with van der Waals surface area (Å²) in [7, 11) is 0. The molecule has 0 saturated heterocycles. The quantitative estimate of drug-likeness (QED) is 0.883. The van der Waals surface area contributed by atoms with E-state index in [0.717, 1.165) is 5.56 Å². The van der Waals surface area contributed by atoms with Gasteiger partial charge in [-0.1, -0.05) is 13.0 Å². The van der Waals surface area contributed by atoms with Crippen LogP contribution in [0.25, 0.3) is 0 Å². The number of nitrogen functional groups attached to an aromatic ring is 1. The number of nitrogens with two attached hydrogens (primary N) is 1. The zero-order valence-corrected chi connectivity index (χ0v) is 11.2. The molecule has 0 fully saturated rings. The molecule has 3 N–H and O–H groups in total. The largest absolute Gasteiger partial charge is 0.398 e. The number of anilines is 1. The maximum atomic E-state index is 13.9. The van der Waals surface area contributed by atoms with Gasteiger partial charge in [-0.05, 0) is 36.7 Å². The summed E-state index contributed by atoms with van der Waals surface area (Å²) in [5.74, 6) is -1.11. The van der Waals surface area contributed by atoms with Crippen LogP contribution in [0.15, 0.2) is 36.7 Å². The van der Waals surface area contributed by atoms with Crippen LogP contribution in [-0.4, -0.2) is 11.5 Å². The molecule has 0 bridgehead atoms. The fourth-order valence-corrected chi connectivity index (χ4v) is 2.19. The van der Waals surface area contributed by atoms with E-state index in [1.807, 2.05) is 6.92 Å². The number of hydrogen-bond donors (Lipinski definition) is 2. The van der Waals surface area contributed by atoms with Crippen molar-refractivity contribution in [2.75, 3.05) is 12.3 Å². The molecule has 5 heteroatoms. The molecular weight excluding hydrogens is 260 g/mol. The van der Waals surface area contributed by atoms with Gasteiger partial charge in [-0.15, -0.1) is 0 Å². The van der Waals surface area contributed by atoms with Gasteiger partial charge >= 0.3 is 0 Å². The Morgan fingerprint density at radius 2 is 1.95 bits per heavy atom. The molecular formula is C15H17F2N3. The minimum absolute atomic E-state index is 0.0394. The average molecular weight is 277 g/mol. The summed E-state index contributed by atoms with van der Waals surface area (Å²) < 4.78 is 27.8. The summed E-state index contributed by atoms with van der Waals surface area (Å²) >= 11 is 0. The van der Waals surface area contributed by atoms with Crippen molar-refractivity contribution < 1.29 is 8.78 Å². The average Bonchev–Trinajstić information content (AvgIpc) is 2.41. The first kappa shape index (κ1) is 14.4. The highest BCUT2D eigenvalue weighted by Gasteiger charge is 2.20. The summed E-state index contributed by atoms with van der Waals surface area (Å²) in [4.78, 5) is 4.00. The number of pyridine rings is 1. The number of hydrogen-bond acceptors (Lipinski definition) is 3. The Hall–Kier alpha value is -2.01. The van der Waals surface area contributed by atoms with Crippen molar-refractivity contribution in [3.8, 4) is 0 Å². The standard InChI is InChI=1S/C15H17F2N3/c1-2-20-14(8-10-9-19-7-6-13(10)18)15-11(16)4-3-5-12(15)17/h3-7,9,14,20H,2,8H2,1H3,(H2,18,19). The van der Waals surface area contributed by atoms with Crippen LogP contribution in [0.5, 0.6) is 0 Å². The zero-order valence-electron chi connectivity index (χ0n) is 11.2. The molecule has 0 spiro atoms. The molecule has 2 rings (SSSR count). The van der Waals surface area contributed by atoms with Crippen molar-refractivity contribution >= 4 is 5.69 Å². The van der Waals surface area contributed by atoms with Gasteiger partial charge in [-0.25, -0.2) is 8.78 Å². The van der Waals surface area contributed by atoms with Gasteiger partial charge in [0.15, 0.2) is 0 Å². The fourth-order valence-electron chi connectivity index (χ4n) is 2.19. The molecule has 20 heavy (non-hydrogen) atoms. The summed E-state index contributed by atoms with van der Waals surface area (Å²) in [6.45, 7) is 2.48. The van der Waals surface area contributed by atoms with Crippen LogP contribution in [0.4, 0.5) is 14.5 Å². The molecule has 0 radical (unpaired) electrons. The lowest BCUT2D eigenvalue weighted by Gasteiger charge is -2.20. The number of halogens is 2. The van der Waals surface area contributed by atoms with E-state index in [2.05, 4.69) is 10.3 Å². The lowest BCUT2D eigenvalue weighted by Crippen LogP contribution is -2.25. The molecule has 0 saturated carbocycles. The van der Waals surface area contributed by atoms with Crippen molar-refractivity contribution in [3.05, 3.63) is 59.4 Å². The third-order valence-electron chi connectivity index (χ3n) is 3.16. The van der Waals surface area contributed by atoms with E-state index >= 15 is 0 Å². The van der Waals surface area contributed by atoms with E-state index in [9.17, 15) is 8.78 Å². The van der Waals surface area contributed by atoms with Crippen molar-refractivity contribution in [2.24, 2.45) is 0 Å². The monoisotopic (exact) mass is 277 g/mol. The predicted molar refractivity (Wildman–Crippen MR) is 75.1 cm³/mol. The van der Waals surface area contributed by atoms with Crippen LogP contribution in [0.3, 0.4) is 0 Å². The van der Waals surface area contributed by atoms with Gasteiger partial charge in [0.2, 0.25) is 0 Å². The van der Waals surface area contributed by atoms with Crippen LogP contribution < -0.4 is 11.1 Å². The number of rotatable bonds is 5. The maximum Gasteiger partial charge on any atom is 0.130 e. The first-order valence-electron chi connectivity index (χ1n) is 6.49. The summed E-state index contributed by atoms with van der Waals surface area (Å²) in [5.41, 5.74) is 7.24. The van der Waals surface area contributed by atoms with Crippen LogP contribution in [0.1, 0.15) is 24.1 Å². The second kappa shape index (κ2) is 6.43. The maximum absolute atomic E-state index is 13.9. The first-order chi connectivity index (χ1) is 9.63. The van der Waals surface area contributed by atoms with Gasteiger partial charge in [-0.3, -0.25) is 4.98 Å². The Labute approximate surface area is 116 Å². The van der Waals surface area contributed by atoms with Gasteiger partial charge in [0.1, 0.15) is 11.6 Å². The molecule has 1 aromatic carbocycles. The highest BCUT2D eigenvalue weighted by Crippen LogP contribution is 2.25. The number of nitrogens with one attached hydrogen (secondary N) is 1. The van der Waals surface area contributed by atoms with E-state index in [1.54, 1.807) is 18.5 Å². The molecule has 1 aromatic heterocycles. The van der Waals surface area contributed by atoms with Gasteiger partial charge < -0.3 is 11.1 Å². The lowest BCUT2D eigenvalue weighted by molar-refractivity contribution is 0.473. The van der Waals surface area contributed by atoms with E-state index in [1.165, 1.54) is 18.2 Å². The van der Waals surface area contributed by atoms with Gasteiger partial charge in [-0.2, -0.15) is 0 Å². The van der Waals surface area contributed by atoms with Crippen LogP contribution in [-0.2, 0) is 6.42 Å². The third-order valence-corrected chi connectivity index (χ3v) is 3.16. The molecule has 1 heterocycles. The minimum Gasteiger partial charge on any atom is -0.398 e. The predicted octanol–water partition coefficient (Wildman–Crippen LogP) is 2.84. The molecule has 0 aliphatic rings. The summed E-state index contributed by atoms with van der Waals surface area (Å²) in [5, 5.41) is 3.09. The van der Waals surface area contributed by atoms with Crippen LogP contribution >= 0.6 is 0 Å². The Balaban J connectivity index is 2.35. The van der Waals surface area contributed by atoms with Gasteiger partial charge in [0.25, 0.3) is 0 Å². The highest BCUT2D eigenvalue weighted by molar-refractivity contribution is 5.45. The second-order valence-electron chi connectivity index (χ2n) is 4.52. The van der Waals surface area contributed by atoms with Crippen molar-refractivity contribution in [2.45, 2.75) is 19.4 Å². The second-order valence-corrected chi connectivity index (χ2v) is 4.52. The molecule has 1 atom stereocenters. The smallest absolute Gasteiger partial charge is 0.130 e. The number of nitrogens with zero attached hydrogens (tertiary/aromatic N) is 1. The highest BCUT2D eigenvalue weighted by atomic mass is 19.1. The Morgan fingerprint density at radius 3 is 2.55 bits per heavy atom. The molecule has 106 valence electrons. The SMILES string of the molecule is CCNC(Cc1cnccc1N)c1c(F)cccc1F. The van der Waals surface area contributed by atoms with E-state index in [0.29, 0.717) is 18.7 Å². The molecule has 0 aliphatic carbocycles. The summed E-state index contributed by atoms with van der Waals surface area (Å²) in [6, 6.07) is 5.07. The first-order valence-corrected chi connectivity index (χ1v) is 6.49. The third kappa shape index (κ3) is 3.11. The van der Waals surface area contributed by atoms with Crippen LogP contribution in [0, 0.1) is 11.6 Å². The zero-order chi connectivity index (χ0) is 14.5. The normalized spacial score (nSPS) is 12.3. The number of benzene rings is 1. The molecule has 2 aromatic rings. The summed E-state index contributed by atoms with van der Waals surface area (Å²) in [6.07, 6.45) is 3.59. The topological polar surface area (TPSA) is 50.9 Å². The Bertz CT molecular complexity index is 567. The van der Waals surface area contributed by atoms with Gasteiger partial charge in [0.05, 0.1) is 0 Å². The number of aromatic nitrogens is 1. The number of likely N-dealkylation sites (N-methyl/N-ethyl adjacent to an activating group) is 1. The van der Waals surface area contributed by atoms with E-state index in [4.69, 9.17) is 5.73 Å². The lowest BCUT2D eigenvalue weighted by atomic mass is 9.98. The minimum atomic E-state index is -0.557. The fraction of sp³-hybridized carbons (Fsp3) is 0.267. The Morgan fingerprint density at radius 1 is 1.25 bits per heavy atom. The van der Waals surface area contributed by atoms with Crippen molar-refractivity contribution in [1.29, 1.82) is 0 Å². The van der Waals surface area contributed by atoms with Gasteiger partial charge in [0, 0.05) is 29.7 Å². The van der Waals surface area contributed by atoms with E-state index < -0.39 is 17.7 Å². The van der Waals surface area contributed by atoms with Crippen molar-refractivity contribution in [1.82, 2.24) is 10.3 Å². The molecule has 0 aliphatic heterocycles. The molecule has 1 unspecified atom stereocenters. The Kier molecular flexibility index (Phi) is 4.63. The molecule has 0 amide bonds.